The number of aryl methyl sites for hydroxylation is 1. The maximum absolute atomic E-state index is 12.4. The minimum absolute atomic E-state index is 0.196. The number of carbonyl (C=O) groups is 1. The van der Waals surface area contributed by atoms with Crippen molar-refractivity contribution in [3.8, 4) is 0 Å². The van der Waals surface area contributed by atoms with E-state index in [2.05, 4.69) is 39.6 Å². The predicted molar refractivity (Wildman–Crippen MR) is 126 cm³/mol. The molecule has 1 fully saturated rings. The molecule has 0 radical (unpaired) electrons. The van der Waals surface area contributed by atoms with Crippen molar-refractivity contribution in [2.75, 3.05) is 26.7 Å². The summed E-state index contributed by atoms with van der Waals surface area (Å²) in [4.78, 5) is 23.3. The van der Waals surface area contributed by atoms with E-state index in [1.54, 1.807) is 7.05 Å². The van der Waals surface area contributed by atoms with Gasteiger partial charge in [0.25, 0.3) is 0 Å². The molecule has 2 atom stereocenters. The second-order valence-corrected chi connectivity index (χ2v) is 10.3. The van der Waals surface area contributed by atoms with Crippen molar-refractivity contribution in [1.82, 2.24) is 30.3 Å². The summed E-state index contributed by atoms with van der Waals surface area (Å²) in [7, 11) is 1.81. The van der Waals surface area contributed by atoms with Gasteiger partial charge >= 0.3 is 6.09 Å². The number of aliphatic imine (C=N–C) groups is 1. The fourth-order valence-electron chi connectivity index (χ4n) is 4.27. The first-order valence-corrected chi connectivity index (χ1v) is 12.0. The molecule has 2 N–H and O–H groups in total. The van der Waals surface area contributed by atoms with Crippen LogP contribution in [0.1, 0.15) is 77.9 Å². The predicted octanol–water partition coefficient (Wildman–Crippen LogP) is 2.92. The van der Waals surface area contributed by atoms with E-state index in [0.29, 0.717) is 11.8 Å². The molecule has 0 saturated carbocycles. The molecular formula is C23H41N7O2. The zero-order chi connectivity index (χ0) is 23.3. The smallest absolute Gasteiger partial charge is 0.410 e. The van der Waals surface area contributed by atoms with Crippen LogP contribution in [0.4, 0.5) is 4.79 Å². The fourth-order valence-corrected chi connectivity index (χ4v) is 4.27. The molecule has 180 valence electrons. The van der Waals surface area contributed by atoms with Crippen molar-refractivity contribution in [2.45, 2.75) is 90.8 Å². The quantitative estimate of drug-likeness (QED) is 0.532. The van der Waals surface area contributed by atoms with Crippen LogP contribution >= 0.6 is 0 Å². The van der Waals surface area contributed by atoms with Gasteiger partial charge in [0, 0.05) is 45.1 Å². The number of amides is 1. The number of ether oxygens (including phenoxy) is 1. The number of nitrogens with zero attached hydrogens (tertiary/aromatic N) is 5. The first kappa shape index (κ1) is 24.3. The maximum Gasteiger partial charge on any atom is 0.410 e. The Labute approximate surface area is 192 Å². The zero-order valence-corrected chi connectivity index (χ0v) is 20.6. The number of hydrogen-bond acceptors (Lipinski definition) is 5. The second kappa shape index (κ2) is 10.5. The number of hydrogen-bond donors (Lipinski definition) is 2. The highest BCUT2D eigenvalue weighted by Gasteiger charge is 2.28. The molecule has 9 nitrogen and oxygen atoms in total. The molecule has 2 unspecified atom stereocenters. The molecule has 0 spiro atoms. The van der Waals surface area contributed by atoms with Crippen LogP contribution in [0.3, 0.4) is 0 Å². The Morgan fingerprint density at radius 3 is 2.75 bits per heavy atom. The summed E-state index contributed by atoms with van der Waals surface area (Å²) in [5.41, 5.74) is -0.452. The van der Waals surface area contributed by atoms with E-state index in [-0.39, 0.29) is 12.1 Å². The van der Waals surface area contributed by atoms with Gasteiger partial charge in [-0.05, 0) is 52.4 Å². The van der Waals surface area contributed by atoms with E-state index < -0.39 is 5.60 Å². The van der Waals surface area contributed by atoms with Crippen molar-refractivity contribution in [3.63, 3.8) is 0 Å². The normalized spacial score (nSPS) is 22.0. The summed E-state index contributed by atoms with van der Waals surface area (Å²) in [5, 5.41) is 11.7. The molecule has 0 aromatic carbocycles. The zero-order valence-electron chi connectivity index (χ0n) is 20.6. The number of guanidine groups is 1. The van der Waals surface area contributed by atoms with Gasteiger partial charge in [0.1, 0.15) is 11.4 Å². The van der Waals surface area contributed by atoms with Crippen LogP contribution in [0.5, 0.6) is 0 Å². The largest absolute Gasteiger partial charge is 0.444 e. The number of likely N-dealkylation sites (tertiary alicyclic amines) is 1. The second-order valence-electron chi connectivity index (χ2n) is 10.3. The Morgan fingerprint density at radius 2 is 2.06 bits per heavy atom. The molecule has 3 rings (SSSR count). The minimum Gasteiger partial charge on any atom is -0.444 e. The fraction of sp³-hybridized carbons (Fsp3) is 0.826. The van der Waals surface area contributed by atoms with Gasteiger partial charge in [0.15, 0.2) is 11.8 Å². The van der Waals surface area contributed by atoms with Gasteiger partial charge in [0.2, 0.25) is 0 Å². The topological polar surface area (TPSA) is 96.7 Å². The van der Waals surface area contributed by atoms with E-state index in [4.69, 9.17) is 4.74 Å². The standard InChI is InChI=1S/C23H41N7O2/c1-16(2)20-27-19-10-9-18(15-30(19)28-20)26-21(24-6)25-12-11-17-8-7-13-29(14-17)22(31)32-23(3,4)5/h16-18H,7-15H2,1-6H3,(H2,24,25,26). The van der Waals surface area contributed by atoms with Crippen molar-refractivity contribution < 1.29 is 9.53 Å². The van der Waals surface area contributed by atoms with Crippen molar-refractivity contribution in [1.29, 1.82) is 0 Å². The third kappa shape index (κ3) is 6.84. The van der Waals surface area contributed by atoms with Crippen molar-refractivity contribution in [3.05, 3.63) is 11.6 Å². The molecule has 9 heteroatoms. The van der Waals surface area contributed by atoms with Gasteiger partial charge < -0.3 is 20.3 Å². The highest BCUT2D eigenvalue weighted by molar-refractivity contribution is 5.79. The van der Waals surface area contributed by atoms with Crippen LogP contribution in [0.2, 0.25) is 0 Å². The van der Waals surface area contributed by atoms with E-state index in [9.17, 15) is 4.79 Å². The molecule has 1 amide bonds. The number of aromatic nitrogens is 3. The summed E-state index contributed by atoms with van der Waals surface area (Å²) in [6, 6.07) is 0.285. The Hall–Kier alpha value is -2.32. The summed E-state index contributed by atoms with van der Waals surface area (Å²) < 4.78 is 7.58. The highest BCUT2D eigenvalue weighted by atomic mass is 16.6. The maximum atomic E-state index is 12.4. The number of fused-ring (bicyclic) bond motifs is 1. The Kier molecular flexibility index (Phi) is 8.00. The van der Waals surface area contributed by atoms with E-state index >= 15 is 0 Å². The molecule has 1 saturated heterocycles. The first-order valence-electron chi connectivity index (χ1n) is 12.0. The van der Waals surface area contributed by atoms with Gasteiger partial charge in [-0.15, -0.1) is 0 Å². The van der Waals surface area contributed by atoms with Gasteiger partial charge in [-0.2, -0.15) is 5.10 Å². The van der Waals surface area contributed by atoms with Crippen molar-refractivity contribution in [2.24, 2.45) is 10.9 Å². The Bertz CT molecular complexity index is 797. The van der Waals surface area contributed by atoms with Crippen LogP contribution in [0.15, 0.2) is 4.99 Å². The molecule has 32 heavy (non-hydrogen) atoms. The molecule has 2 aliphatic heterocycles. The molecule has 2 aliphatic rings. The van der Waals surface area contributed by atoms with Gasteiger partial charge in [-0.25, -0.2) is 14.5 Å². The Balaban J connectivity index is 1.42. The average Bonchev–Trinajstić information content (AvgIpc) is 3.16. The number of piperidine rings is 1. The molecule has 3 heterocycles. The monoisotopic (exact) mass is 447 g/mol. The first-order chi connectivity index (χ1) is 15.1. The van der Waals surface area contributed by atoms with Crippen molar-refractivity contribution >= 4 is 12.1 Å². The number of carbonyl (C=O) groups excluding carboxylic acids is 1. The number of nitrogens with one attached hydrogen (secondary N) is 2. The lowest BCUT2D eigenvalue weighted by Gasteiger charge is -2.34. The molecule has 1 aromatic heterocycles. The van der Waals surface area contributed by atoms with E-state index in [0.717, 1.165) is 75.9 Å². The lowest BCUT2D eigenvalue weighted by atomic mass is 9.95. The SMILES string of the molecule is CN=C(NCCC1CCCN(C(=O)OC(C)(C)C)C1)NC1CCc2nc(C(C)C)nn2C1. The van der Waals surface area contributed by atoms with Crippen LogP contribution in [0, 0.1) is 5.92 Å². The lowest BCUT2D eigenvalue weighted by molar-refractivity contribution is 0.0162. The summed E-state index contributed by atoms with van der Waals surface area (Å²) in [6.07, 6.45) is 4.91. The van der Waals surface area contributed by atoms with Crippen LogP contribution in [0.25, 0.3) is 0 Å². The van der Waals surface area contributed by atoms with Crippen LogP contribution in [-0.4, -0.2) is 70.0 Å². The third-order valence-electron chi connectivity index (χ3n) is 5.97. The van der Waals surface area contributed by atoms with Gasteiger partial charge in [-0.1, -0.05) is 13.8 Å². The highest BCUT2D eigenvalue weighted by Crippen LogP contribution is 2.21. The summed E-state index contributed by atoms with van der Waals surface area (Å²) in [6.45, 7) is 13.2. The lowest BCUT2D eigenvalue weighted by Crippen LogP contribution is -2.48. The van der Waals surface area contributed by atoms with Gasteiger partial charge in [0.05, 0.1) is 6.54 Å². The number of rotatable bonds is 5. The minimum atomic E-state index is -0.452. The van der Waals surface area contributed by atoms with Gasteiger partial charge in [-0.3, -0.25) is 4.99 Å². The molecular weight excluding hydrogens is 406 g/mol. The molecule has 1 aromatic rings. The molecule has 0 bridgehead atoms. The van der Waals surface area contributed by atoms with E-state index in [1.807, 2.05) is 30.4 Å². The van der Waals surface area contributed by atoms with E-state index in [1.165, 1.54) is 0 Å². The average molecular weight is 448 g/mol. The third-order valence-corrected chi connectivity index (χ3v) is 5.97. The summed E-state index contributed by atoms with van der Waals surface area (Å²) in [5.74, 6) is 3.66. The van der Waals surface area contributed by atoms with Crippen LogP contribution in [-0.2, 0) is 17.7 Å². The molecule has 0 aliphatic carbocycles. The Morgan fingerprint density at radius 1 is 1.28 bits per heavy atom. The summed E-state index contributed by atoms with van der Waals surface area (Å²) >= 11 is 0. The van der Waals surface area contributed by atoms with Crippen LogP contribution < -0.4 is 10.6 Å².